The average molecular weight is 278 g/mol. The highest BCUT2D eigenvalue weighted by molar-refractivity contribution is 5.89. The highest BCUT2D eigenvalue weighted by Crippen LogP contribution is 2.11. The first-order chi connectivity index (χ1) is 9.65. The van der Waals surface area contributed by atoms with Crippen LogP contribution in [0.1, 0.15) is 31.7 Å². The highest BCUT2D eigenvalue weighted by Gasteiger charge is 2.04. The Kier molecular flexibility index (Phi) is 7.35. The van der Waals surface area contributed by atoms with Crippen LogP contribution in [-0.2, 0) is 11.2 Å². The number of Topliss-reactive ketones (excluding diaryl/α,β-unsaturated/α-hetero) is 1. The molecule has 0 aliphatic rings. The van der Waals surface area contributed by atoms with E-state index >= 15 is 0 Å². The van der Waals surface area contributed by atoms with Crippen LogP contribution in [0.5, 0.6) is 0 Å². The maximum absolute atomic E-state index is 11.6. The number of rotatable bonds is 8. The van der Waals surface area contributed by atoms with E-state index < -0.39 is 0 Å². The van der Waals surface area contributed by atoms with Gasteiger partial charge in [0.15, 0.2) is 0 Å². The molecule has 0 atom stereocenters. The lowest BCUT2D eigenvalue weighted by Gasteiger charge is -2.07. The first-order valence-corrected chi connectivity index (χ1v) is 6.92. The van der Waals surface area contributed by atoms with E-state index in [1.807, 2.05) is 12.1 Å². The van der Waals surface area contributed by atoms with Crippen molar-refractivity contribution in [3.05, 3.63) is 29.8 Å². The summed E-state index contributed by atoms with van der Waals surface area (Å²) in [6, 6.07) is 6.85. The minimum atomic E-state index is -0.356. The van der Waals surface area contributed by atoms with Crippen LogP contribution in [0.15, 0.2) is 24.3 Å². The average Bonchev–Trinajstić information content (AvgIpc) is 2.45. The van der Waals surface area contributed by atoms with Crippen molar-refractivity contribution in [2.45, 2.75) is 32.6 Å². The molecule has 0 saturated carbocycles. The Bertz CT molecular complexity index is 388. The van der Waals surface area contributed by atoms with E-state index in [-0.39, 0.29) is 25.0 Å². The summed E-state index contributed by atoms with van der Waals surface area (Å²) in [7, 11) is 0. The number of carbonyl (C=O) groups excluding carboxylic acids is 2. The van der Waals surface area contributed by atoms with E-state index in [1.165, 1.54) is 0 Å². The fourth-order valence-electron chi connectivity index (χ4n) is 1.74. The smallest absolute Gasteiger partial charge is 0.319 e. The second-order valence-corrected chi connectivity index (χ2v) is 4.62. The summed E-state index contributed by atoms with van der Waals surface area (Å²) in [6.07, 6.45) is 3.03. The third kappa shape index (κ3) is 6.33. The SMILES string of the molecule is CCCCC(=O)Cc1ccc(NC(=O)NCCO)cc1. The fraction of sp³-hybridized carbons (Fsp3) is 0.467. The number of aliphatic hydroxyl groups excluding tert-OH is 1. The minimum Gasteiger partial charge on any atom is -0.395 e. The van der Waals surface area contributed by atoms with Gasteiger partial charge in [0, 0.05) is 25.1 Å². The van der Waals surface area contributed by atoms with E-state index in [4.69, 9.17) is 5.11 Å². The number of unbranched alkanes of at least 4 members (excludes halogenated alkanes) is 1. The third-order valence-corrected chi connectivity index (χ3v) is 2.82. The van der Waals surface area contributed by atoms with Crippen LogP contribution < -0.4 is 10.6 Å². The monoisotopic (exact) mass is 278 g/mol. The molecular weight excluding hydrogens is 256 g/mol. The summed E-state index contributed by atoms with van der Waals surface area (Å²) in [4.78, 5) is 23.0. The van der Waals surface area contributed by atoms with Crippen LogP contribution in [0.25, 0.3) is 0 Å². The molecule has 1 rings (SSSR count). The number of anilines is 1. The summed E-state index contributed by atoms with van der Waals surface area (Å²) >= 11 is 0. The molecule has 0 saturated heterocycles. The summed E-state index contributed by atoms with van der Waals surface area (Å²) in [5, 5.41) is 13.7. The summed E-state index contributed by atoms with van der Waals surface area (Å²) in [5.41, 5.74) is 1.61. The standard InChI is InChI=1S/C15H22N2O3/c1-2-3-4-14(19)11-12-5-7-13(8-6-12)17-15(20)16-9-10-18/h5-8,18H,2-4,9-11H2,1H3,(H2,16,17,20). The van der Waals surface area contributed by atoms with Crippen molar-refractivity contribution in [1.29, 1.82) is 0 Å². The molecular formula is C15H22N2O3. The number of hydrogen-bond acceptors (Lipinski definition) is 3. The molecule has 110 valence electrons. The van der Waals surface area contributed by atoms with E-state index in [9.17, 15) is 9.59 Å². The van der Waals surface area contributed by atoms with Crippen LogP contribution in [0, 0.1) is 0 Å². The van der Waals surface area contributed by atoms with Crippen molar-refractivity contribution in [3.8, 4) is 0 Å². The molecule has 0 bridgehead atoms. The maximum Gasteiger partial charge on any atom is 0.319 e. The van der Waals surface area contributed by atoms with Gasteiger partial charge in [-0.2, -0.15) is 0 Å². The van der Waals surface area contributed by atoms with Gasteiger partial charge in [0.05, 0.1) is 6.61 Å². The summed E-state index contributed by atoms with van der Waals surface area (Å²) in [6.45, 7) is 2.19. The number of nitrogens with one attached hydrogen (secondary N) is 2. The minimum absolute atomic E-state index is 0.0910. The summed E-state index contributed by atoms with van der Waals surface area (Å²) < 4.78 is 0. The quantitative estimate of drug-likeness (QED) is 0.681. The normalized spacial score (nSPS) is 10.1. The molecule has 1 aromatic rings. The Morgan fingerprint density at radius 3 is 2.50 bits per heavy atom. The molecule has 0 radical (unpaired) electrons. The zero-order chi connectivity index (χ0) is 14.8. The second kappa shape index (κ2) is 9.09. The first-order valence-electron chi connectivity index (χ1n) is 6.92. The molecule has 3 N–H and O–H groups in total. The first kappa shape index (κ1) is 16.2. The number of benzene rings is 1. The predicted octanol–water partition coefficient (Wildman–Crippen LogP) is 2.10. The number of amides is 2. The van der Waals surface area contributed by atoms with Crippen molar-refractivity contribution in [3.63, 3.8) is 0 Å². The number of hydrogen-bond donors (Lipinski definition) is 3. The van der Waals surface area contributed by atoms with Crippen molar-refractivity contribution >= 4 is 17.5 Å². The lowest BCUT2D eigenvalue weighted by molar-refractivity contribution is -0.118. The van der Waals surface area contributed by atoms with Crippen LogP contribution in [0.4, 0.5) is 10.5 Å². The Labute approximate surface area is 119 Å². The topological polar surface area (TPSA) is 78.4 Å². The number of urea groups is 1. The zero-order valence-electron chi connectivity index (χ0n) is 11.8. The van der Waals surface area contributed by atoms with Gasteiger partial charge in [-0.1, -0.05) is 25.5 Å². The molecule has 0 fully saturated rings. The number of carbonyl (C=O) groups is 2. The third-order valence-electron chi connectivity index (χ3n) is 2.82. The molecule has 0 aliphatic heterocycles. The Morgan fingerprint density at radius 1 is 1.20 bits per heavy atom. The van der Waals surface area contributed by atoms with Gasteiger partial charge in [-0.3, -0.25) is 4.79 Å². The van der Waals surface area contributed by atoms with Gasteiger partial charge in [0.1, 0.15) is 5.78 Å². The summed E-state index contributed by atoms with van der Waals surface area (Å²) in [5.74, 6) is 0.244. The fourth-order valence-corrected chi connectivity index (χ4v) is 1.74. The van der Waals surface area contributed by atoms with E-state index in [0.29, 0.717) is 18.5 Å². The second-order valence-electron chi connectivity index (χ2n) is 4.62. The van der Waals surface area contributed by atoms with Gasteiger partial charge in [-0.05, 0) is 24.1 Å². The molecule has 0 heterocycles. The molecule has 0 unspecified atom stereocenters. The highest BCUT2D eigenvalue weighted by atomic mass is 16.3. The molecule has 5 heteroatoms. The van der Waals surface area contributed by atoms with Gasteiger partial charge in [-0.25, -0.2) is 4.79 Å². The van der Waals surface area contributed by atoms with Gasteiger partial charge >= 0.3 is 6.03 Å². The van der Waals surface area contributed by atoms with Crippen LogP contribution in [0.2, 0.25) is 0 Å². The van der Waals surface area contributed by atoms with Crippen LogP contribution in [-0.4, -0.2) is 30.1 Å². The Balaban J connectivity index is 2.43. The van der Waals surface area contributed by atoms with Gasteiger partial charge in [0.25, 0.3) is 0 Å². The van der Waals surface area contributed by atoms with Gasteiger partial charge in [-0.15, -0.1) is 0 Å². The molecule has 1 aromatic carbocycles. The van der Waals surface area contributed by atoms with Gasteiger partial charge < -0.3 is 15.7 Å². The predicted molar refractivity (Wildman–Crippen MR) is 78.8 cm³/mol. The van der Waals surface area contributed by atoms with Crippen LogP contribution >= 0.6 is 0 Å². The molecule has 5 nitrogen and oxygen atoms in total. The lowest BCUT2D eigenvalue weighted by atomic mass is 10.0. The van der Waals surface area contributed by atoms with E-state index in [1.54, 1.807) is 12.1 Å². The molecule has 20 heavy (non-hydrogen) atoms. The van der Waals surface area contributed by atoms with Gasteiger partial charge in [0.2, 0.25) is 0 Å². The van der Waals surface area contributed by atoms with Crippen molar-refractivity contribution in [2.24, 2.45) is 0 Å². The maximum atomic E-state index is 11.6. The van der Waals surface area contributed by atoms with Crippen molar-refractivity contribution in [2.75, 3.05) is 18.5 Å². The number of ketones is 1. The molecule has 2 amide bonds. The van der Waals surface area contributed by atoms with E-state index in [0.717, 1.165) is 18.4 Å². The van der Waals surface area contributed by atoms with Crippen molar-refractivity contribution < 1.29 is 14.7 Å². The molecule has 0 aromatic heterocycles. The number of aliphatic hydroxyl groups is 1. The Hall–Kier alpha value is -1.88. The van der Waals surface area contributed by atoms with E-state index in [2.05, 4.69) is 17.6 Å². The van der Waals surface area contributed by atoms with Crippen molar-refractivity contribution in [1.82, 2.24) is 5.32 Å². The molecule has 0 spiro atoms. The lowest BCUT2D eigenvalue weighted by Crippen LogP contribution is -2.30. The Morgan fingerprint density at radius 2 is 1.90 bits per heavy atom. The zero-order valence-corrected chi connectivity index (χ0v) is 11.8. The molecule has 0 aliphatic carbocycles. The largest absolute Gasteiger partial charge is 0.395 e. The van der Waals surface area contributed by atoms with Crippen LogP contribution in [0.3, 0.4) is 0 Å².